The standard InChI is InChI=1S/C21H27NO6/c1-15(19-12-17-9-5-6-10-18(17)28-19)22-27-11-7-3-4-8-16-13-25-21(2,20(23)24)26-14-16/h5-6,9-10,12,16H,3-4,7-8,11,13-14H2,1-2H3,(H,23,24)/b22-15-. The summed E-state index contributed by atoms with van der Waals surface area (Å²) in [6.07, 6.45) is 3.86. The molecular weight excluding hydrogens is 362 g/mol. The Morgan fingerprint density at radius 3 is 2.71 bits per heavy atom. The van der Waals surface area contributed by atoms with Crippen molar-refractivity contribution in [1.29, 1.82) is 0 Å². The molecule has 1 aromatic carbocycles. The number of unbranched alkanes of at least 4 members (excludes halogenated alkanes) is 2. The van der Waals surface area contributed by atoms with E-state index in [2.05, 4.69) is 5.16 Å². The Hall–Kier alpha value is -2.38. The van der Waals surface area contributed by atoms with E-state index in [1.165, 1.54) is 6.92 Å². The Bertz CT molecular complexity index is 786. The lowest BCUT2D eigenvalue weighted by atomic mass is 10.0. The first-order chi connectivity index (χ1) is 13.5. The first-order valence-corrected chi connectivity index (χ1v) is 9.65. The Morgan fingerprint density at radius 1 is 1.25 bits per heavy atom. The number of carboxylic acid groups (broad SMARTS) is 1. The molecule has 1 fully saturated rings. The van der Waals surface area contributed by atoms with Gasteiger partial charge in [0.05, 0.1) is 13.2 Å². The van der Waals surface area contributed by atoms with Crippen molar-refractivity contribution in [2.45, 2.75) is 45.3 Å². The molecule has 1 N–H and O–H groups in total. The van der Waals surface area contributed by atoms with Crippen molar-refractivity contribution in [3.05, 3.63) is 36.1 Å². The molecule has 152 valence electrons. The van der Waals surface area contributed by atoms with Crippen LogP contribution in [0, 0.1) is 5.92 Å². The number of carboxylic acids is 1. The van der Waals surface area contributed by atoms with Crippen LogP contribution in [-0.2, 0) is 19.1 Å². The number of oxime groups is 1. The van der Waals surface area contributed by atoms with E-state index in [-0.39, 0.29) is 5.92 Å². The van der Waals surface area contributed by atoms with Gasteiger partial charge in [-0.15, -0.1) is 0 Å². The fourth-order valence-electron chi connectivity index (χ4n) is 3.06. The van der Waals surface area contributed by atoms with Gasteiger partial charge < -0.3 is 23.8 Å². The van der Waals surface area contributed by atoms with Gasteiger partial charge in [0.2, 0.25) is 0 Å². The number of hydrogen-bond donors (Lipinski definition) is 1. The number of hydrogen-bond acceptors (Lipinski definition) is 6. The maximum absolute atomic E-state index is 11.0. The zero-order valence-electron chi connectivity index (χ0n) is 16.3. The van der Waals surface area contributed by atoms with E-state index in [0.717, 1.165) is 36.7 Å². The van der Waals surface area contributed by atoms with Crippen LogP contribution in [0.25, 0.3) is 11.0 Å². The van der Waals surface area contributed by atoms with Crippen molar-refractivity contribution in [3.63, 3.8) is 0 Å². The molecule has 0 unspecified atom stereocenters. The van der Waals surface area contributed by atoms with Gasteiger partial charge in [-0.2, -0.15) is 0 Å². The molecule has 28 heavy (non-hydrogen) atoms. The lowest BCUT2D eigenvalue weighted by molar-refractivity contribution is -0.271. The molecule has 1 aliphatic heterocycles. The summed E-state index contributed by atoms with van der Waals surface area (Å²) in [4.78, 5) is 16.5. The molecule has 1 aromatic heterocycles. The first kappa shape index (κ1) is 20.4. The fraction of sp³-hybridized carbons (Fsp3) is 0.524. The van der Waals surface area contributed by atoms with Gasteiger partial charge in [-0.25, -0.2) is 4.79 Å². The fourth-order valence-corrected chi connectivity index (χ4v) is 3.06. The highest BCUT2D eigenvalue weighted by Crippen LogP contribution is 2.24. The molecule has 0 spiro atoms. The zero-order chi connectivity index (χ0) is 20.0. The molecule has 0 aliphatic carbocycles. The summed E-state index contributed by atoms with van der Waals surface area (Å²) >= 11 is 0. The molecule has 7 heteroatoms. The number of nitrogens with zero attached hydrogens (tertiary/aromatic N) is 1. The number of rotatable bonds is 9. The maximum atomic E-state index is 11.0. The lowest BCUT2D eigenvalue weighted by Crippen LogP contribution is -2.47. The van der Waals surface area contributed by atoms with Crippen LogP contribution in [0.15, 0.2) is 39.9 Å². The quantitative estimate of drug-likeness (QED) is 0.393. The van der Waals surface area contributed by atoms with Gasteiger partial charge in [-0.05, 0) is 38.3 Å². The molecule has 0 radical (unpaired) electrons. The number of carbonyl (C=O) groups is 1. The number of benzene rings is 1. The second-order valence-corrected chi connectivity index (χ2v) is 7.25. The van der Waals surface area contributed by atoms with Crippen molar-refractivity contribution in [3.8, 4) is 0 Å². The summed E-state index contributed by atoms with van der Waals surface area (Å²) in [5.74, 6) is -1.63. The largest absolute Gasteiger partial charge is 0.477 e. The molecule has 0 saturated carbocycles. The van der Waals surface area contributed by atoms with Crippen molar-refractivity contribution in [1.82, 2.24) is 0 Å². The molecule has 2 heterocycles. The molecule has 3 rings (SSSR count). The summed E-state index contributed by atoms with van der Waals surface area (Å²) in [7, 11) is 0. The zero-order valence-corrected chi connectivity index (χ0v) is 16.3. The van der Waals surface area contributed by atoms with Crippen LogP contribution in [0.3, 0.4) is 0 Å². The van der Waals surface area contributed by atoms with Crippen LogP contribution in [0.4, 0.5) is 0 Å². The summed E-state index contributed by atoms with van der Waals surface area (Å²) in [6.45, 7) is 4.69. The maximum Gasteiger partial charge on any atom is 0.364 e. The van der Waals surface area contributed by atoms with E-state index in [1.807, 2.05) is 37.3 Å². The highest BCUT2D eigenvalue weighted by molar-refractivity contribution is 5.99. The number of ether oxygens (including phenoxy) is 2. The molecule has 0 bridgehead atoms. The van der Waals surface area contributed by atoms with Crippen molar-refractivity contribution >= 4 is 22.7 Å². The molecule has 0 amide bonds. The van der Waals surface area contributed by atoms with E-state index < -0.39 is 11.8 Å². The lowest BCUT2D eigenvalue weighted by Gasteiger charge is -2.34. The summed E-state index contributed by atoms with van der Waals surface area (Å²) in [5, 5.41) is 14.2. The molecule has 1 aliphatic rings. The van der Waals surface area contributed by atoms with E-state index in [9.17, 15) is 4.79 Å². The molecule has 1 saturated heterocycles. The number of para-hydroxylation sites is 1. The first-order valence-electron chi connectivity index (χ1n) is 9.65. The van der Waals surface area contributed by atoms with Crippen molar-refractivity contribution in [2.24, 2.45) is 11.1 Å². The van der Waals surface area contributed by atoms with Crippen LogP contribution in [0.5, 0.6) is 0 Å². The highest BCUT2D eigenvalue weighted by Gasteiger charge is 2.40. The highest BCUT2D eigenvalue weighted by atomic mass is 16.7. The summed E-state index contributed by atoms with van der Waals surface area (Å²) < 4.78 is 16.5. The second-order valence-electron chi connectivity index (χ2n) is 7.25. The topological polar surface area (TPSA) is 90.5 Å². The van der Waals surface area contributed by atoms with Gasteiger partial charge in [-0.1, -0.05) is 29.8 Å². The average molecular weight is 389 g/mol. The monoisotopic (exact) mass is 389 g/mol. The molecule has 7 nitrogen and oxygen atoms in total. The van der Waals surface area contributed by atoms with E-state index in [1.54, 1.807) is 0 Å². The van der Waals surface area contributed by atoms with Crippen molar-refractivity contribution < 1.29 is 28.6 Å². The predicted molar refractivity (Wildman–Crippen MR) is 104 cm³/mol. The SMILES string of the molecule is C/C(=N/OCCCCCC1COC(C)(C(=O)O)OC1)c1cc2ccccc2o1. The molecular formula is C21H27NO6. The van der Waals surface area contributed by atoms with Gasteiger partial charge in [0.15, 0.2) is 5.76 Å². The normalized spacial score (nSPS) is 23.1. The van der Waals surface area contributed by atoms with E-state index in [0.29, 0.717) is 31.3 Å². The minimum atomic E-state index is -1.50. The Labute approximate surface area is 164 Å². The third kappa shape index (κ3) is 5.11. The van der Waals surface area contributed by atoms with Crippen molar-refractivity contribution in [2.75, 3.05) is 19.8 Å². The predicted octanol–water partition coefficient (Wildman–Crippen LogP) is 4.20. The smallest absolute Gasteiger partial charge is 0.364 e. The minimum absolute atomic E-state index is 0.238. The number of fused-ring (bicyclic) bond motifs is 1. The van der Waals surface area contributed by atoms with E-state index >= 15 is 0 Å². The number of furan rings is 1. The van der Waals surface area contributed by atoms with E-state index in [4.69, 9.17) is 23.8 Å². The number of aliphatic carboxylic acids is 1. The Balaban J connectivity index is 1.30. The van der Waals surface area contributed by atoms with Gasteiger partial charge in [-0.3, -0.25) is 0 Å². The van der Waals surface area contributed by atoms with Gasteiger partial charge in [0.25, 0.3) is 5.79 Å². The Kier molecular flexibility index (Phi) is 6.70. The summed E-state index contributed by atoms with van der Waals surface area (Å²) in [6, 6.07) is 9.80. The van der Waals surface area contributed by atoms with Gasteiger partial charge >= 0.3 is 5.97 Å². The van der Waals surface area contributed by atoms with Crippen LogP contribution in [-0.4, -0.2) is 42.4 Å². The molecule has 0 atom stereocenters. The molecule has 2 aromatic rings. The van der Waals surface area contributed by atoms with Gasteiger partial charge in [0, 0.05) is 18.2 Å². The minimum Gasteiger partial charge on any atom is -0.477 e. The third-order valence-electron chi connectivity index (χ3n) is 4.91. The average Bonchev–Trinajstić information content (AvgIpc) is 3.13. The van der Waals surface area contributed by atoms with Crippen LogP contribution < -0.4 is 0 Å². The summed E-state index contributed by atoms with van der Waals surface area (Å²) in [5.41, 5.74) is 1.56. The van der Waals surface area contributed by atoms with Crippen LogP contribution in [0.2, 0.25) is 0 Å². The van der Waals surface area contributed by atoms with Gasteiger partial charge in [0.1, 0.15) is 17.9 Å². The van der Waals surface area contributed by atoms with Crippen LogP contribution in [0.1, 0.15) is 45.3 Å². The Morgan fingerprint density at radius 2 is 2.00 bits per heavy atom. The van der Waals surface area contributed by atoms with Crippen LogP contribution >= 0.6 is 0 Å². The third-order valence-corrected chi connectivity index (χ3v) is 4.91. The second kappa shape index (κ2) is 9.21.